The van der Waals surface area contributed by atoms with Gasteiger partial charge in [-0.1, -0.05) is 48.6 Å². The van der Waals surface area contributed by atoms with Crippen molar-refractivity contribution >= 4 is 18.7 Å². The molecular weight excluding hydrogens is 280 g/mol. The normalized spacial score (nSPS) is 11.0. The molecule has 0 N–H and O–H groups in total. The maximum absolute atomic E-state index is 12.9. The summed E-state index contributed by atoms with van der Waals surface area (Å²) in [6.45, 7) is 4.14. The Hall–Kier alpha value is -2.07. The van der Waals surface area contributed by atoms with Gasteiger partial charge in [0, 0.05) is 5.56 Å². The zero-order valence-electron chi connectivity index (χ0n) is 12.8. The van der Waals surface area contributed by atoms with E-state index in [1.165, 1.54) is 0 Å². The van der Waals surface area contributed by atoms with Gasteiger partial charge < -0.3 is 9.47 Å². The lowest BCUT2D eigenvalue weighted by molar-refractivity contribution is 0.106. The van der Waals surface area contributed by atoms with Gasteiger partial charge in [-0.3, -0.25) is 4.79 Å². The lowest BCUT2D eigenvalue weighted by Crippen LogP contribution is -2.49. The van der Waals surface area contributed by atoms with Crippen molar-refractivity contribution in [1.82, 2.24) is 0 Å². The van der Waals surface area contributed by atoms with Gasteiger partial charge in [0.2, 0.25) is 0 Å². The van der Waals surface area contributed by atoms with Crippen molar-refractivity contribution < 1.29 is 14.3 Å². The Bertz CT molecular complexity index is 636. The largest absolute Gasteiger partial charge is 0.493 e. The molecule has 0 saturated carbocycles. The standard InChI is InChI=1S/C17H20O3Si/c1-19-15-11-10-13(12-16(15)20-2)17(18)21(3,4)14-8-6-5-7-9-14/h5-12H,1-4H3. The zero-order chi connectivity index (χ0) is 15.5. The van der Waals surface area contributed by atoms with Crippen LogP contribution in [0.5, 0.6) is 11.5 Å². The minimum Gasteiger partial charge on any atom is -0.493 e. The predicted octanol–water partition coefficient (Wildman–Crippen LogP) is 3.04. The first-order chi connectivity index (χ1) is 10.0. The van der Waals surface area contributed by atoms with Crippen molar-refractivity contribution in [2.24, 2.45) is 0 Å². The second-order valence-corrected chi connectivity index (χ2v) is 9.67. The van der Waals surface area contributed by atoms with E-state index in [1.54, 1.807) is 32.4 Å². The highest BCUT2D eigenvalue weighted by Crippen LogP contribution is 2.28. The summed E-state index contributed by atoms with van der Waals surface area (Å²) in [5.74, 6) is 1.22. The first kappa shape index (κ1) is 15.3. The number of hydrogen-bond donors (Lipinski definition) is 0. The predicted molar refractivity (Wildman–Crippen MR) is 87.4 cm³/mol. The lowest BCUT2D eigenvalue weighted by Gasteiger charge is -2.21. The third-order valence-corrected chi connectivity index (χ3v) is 6.91. The van der Waals surface area contributed by atoms with Crippen molar-refractivity contribution in [2.75, 3.05) is 14.2 Å². The number of carbonyl (C=O) groups is 1. The summed E-state index contributed by atoms with van der Waals surface area (Å²) >= 11 is 0. The summed E-state index contributed by atoms with van der Waals surface area (Å²) in [6, 6.07) is 15.3. The van der Waals surface area contributed by atoms with Crippen LogP contribution in [-0.4, -0.2) is 27.7 Å². The molecule has 4 heteroatoms. The van der Waals surface area contributed by atoms with Crippen molar-refractivity contribution in [3.05, 3.63) is 54.1 Å². The second kappa shape index (κ2) is 6.14. The highest BCUT2D eigenvalue weighted by Gasteiger charge is 2.33. The smallest absolute Gasteiger partial charge is 0.163 e. The maximum atomic E-state index is 12.9. The number of carbonyl (C=O) groups excluding carboxylic acids is 1. The molecule has 0 fully saturated rings. The van der Waals surface area contributed by atoms with E-state index in [2.05, 4.69) is 13.1 Å². The van der Waals surface area contributed by atoms with Crippen molar-refractivity contribution in [3.63, 3.8) is 0 Å². The van der Waals surface area contributed by atoms with Crippen LogP contribution >= 0.6 is 0 Å². The number of ether oxygens (including phenoxy) is 2. The zero-order valence-corrected chi connectivity index (χ0v) is 13.8. The quantitative estimate of drug-likeness (QED) is 0.796. The van der Waals surface area contributed by atoms with Crippen LogP contribution in [0.1, 0.15) is 10.4 Å². The van der Waals surface area contributed by atoms with Gasteiger partial charge in [0.1, 0.15) is 5.41 Å². The molecular formula is C17H20O3Si. The minimum absolute atomic E-state index is 0.189. The summed E-state index contributed by atoms with van der Waals surface area (Å²) in [6.07, 6.45) is 0. The summed E-state index contributed by atoms with van der Waals surface area (Å²) in [4.78, 5) is 12.9. The number of rotatable bonds is 5. The Balaban J connectivity index is 2.40. The summed E-state index contributed by atoms with van der Waals surface area (Å²) in [5, 5.41) is 1.32. The van der Waals surface area contributed by atoms with Crippen LogP contribution in [0.25, 0.3) is 0 Å². The van der Waals surface area contributed by atoms with Gasteiger partial charge in [-0.05, 0) is 18.2 Å². The Morgan fingerprint density at radius 1 is 0.905 bits per heavy atom. The highest BCUT2D eigenvalue weighted by atomic mass is 28.3. The van der Waals surface area contributed by atoms with Gasteiger partial charge in [0.15, 0.2) is 19.6 Å². The first-order valence-electron chi connectivity index (χ1n) is 6.83. The van der Waals surface area contributed by atoms with E-state index in [9.17, 15) is 4.79 Å². The molecule has 0 aliphatic rings. The Morgan fingerprint density at radius 2 is 1.52 bits per heavy atom. The average molecular weight is 300 g/mol. The SMILES string of the molecule is COc1ccc(C(=O)[Si](C)(C)c2ccccc2)cc1OC. The summed E-state index contributed by atoms with van der Waals surface area (Å²) < 4.78 is 10.5. The van der Waals surface area contributed by atoms with Gasteiger partial charge >= 0.3 is 0 Å². The Morgan fingerprint density at radius 3 is 2.10 bits per heavy atom. The van der Waals surface area contributed by atoms with Crippen LogP contribution in [0.3, 0.4) is 0 Å². The van der Waals surface area contributed by atoms with Crippen LogP contribution in [0.15, 0.2) is 48.5 Å². The molecule has 21 heavy (non-hydrogen) atoms. The molecule has 0 aliphatic carbocycles. The van der Waals surface area contributed by atoms with Gasteiger partial charge in [-0.25, -0.2) is 0 Å². The number of hydrogen-bond acceptors (Lipinski definition) is 3. The van der Waals surface area contributed by atoms with Crippen molar-refractivity contribution in [3.8, 4) is 11.5 Å². The van der Waals surface area contributed by atoms with Crippen molar-refractivity contribution in [2.45, 2.75) is 13.1 Å². The van der Waals surface area contributed by atoms with E-state index in [4.69, 9.17) is 9.47 Å². The fourth-order valence-corrected chi connectivity index (χ4v) is 4.49. The molecule has 0 unspecified atom stereocenters. The monoisotopic (exact) mass is 300 g/mol. The van der Waals surface area contributed by atoms with E-state index in [-0.39, 0.29) is 5.41 Å². The molecule has 2 aromatic rings. The molecule has 0 saturated heterocycles. The van der Waals surface area contributed by atoms with Crippen LogP contribution in [0.4, 0.5) is 0 Å². The highest BCUT2D eigenvalue weighted by molar-refractivity contribution is 7.14. The van der Waals surface area contributed by atoms with Crippen LogP contribution in [0.2, 0.25) is 13.1 Å². The Kier molecular flexibility index (Phi) is 4.48. The fraction of sp³-hybridized carbons (Fsp3) is 0.235. The van der Waals surface area contributed by atoms with Crippen LogP contribution in [0, 0.1) is 0 Å². The van der Waals surface area contributed by atoms with E-state index in [0.29, 0.717) is 17.1 Å². The van der Waals surface area contributed by atoms with Gasteiger partial charge in [0.25, 0.3) is 0 Å². The van der Waals surface area contributed by atoms with Crippen LogP contribution < -0.4 is 14.7 Å². The molecule has 0 atom stereocenters. The molecule has 0 radical (unpaired) electrons. The summed E-state index contributed by atoms with van der Waals surface area (Å²) in [5.41, 5.74) is 0.674. The van der Waals surface area contributed by atoms with Crippen molar-refractivity contribution in [1.29, 1.82) is 0 Å². The van der Waals surface area contributed by atoms with E-state index in [1.807, 2.05) is 30.3 Å². The molecule has 110 valence electrons. The average Bonchev–Trinajstić information content (AvgIpc) is 2.54. The maximum Gasteiger partial charge on any atom is 0.163 e. The number of benzene rings is 2. The topological polar surface area (TPSA) is 35.5 Å². The number of methoxy groups -OCH3 is 2. The molecule has 0 bridgehead atoms. The fourth-order valence-electron chi connectivity index (χ4n) is 2.32. The molecule has 2 aromatic carbocycles. The molecule has 0 aromatic heterocycles. The summed E-state index contributed by atoms with van der Waals surface area (Å²) in [7, 11) is 0.938. The van der Waals surface area contributed by atoms with Gasteiger partial charge in [0.05, 0.1) is 14.2 Å². The Labute approximate surface area is 126 Å². The first-order valence-corrected chi connectivity index (χ1v) is 9.83. The molecule has 0 spiro atoms. The third-order valence-electron chi connectivity index (χ3n) is 3.71. The van der Waals surface area contributed by atoms with Crippen LogP contribution in [-0.2, 0) is 0 Å². The molecule has 0 heterocycles. The van der Waals surface area contributed by atoms with Gasteiger partial charge in [-0.2, -0.15) is 0 Å². The van der Waals surface area contributed by atoms with Gasteiger partial charge in [-0.15, -0.1) is 0 Å². The van der Waals surface area contributed by atoms with E-state index in [0.717, 1.165) is 5.19 Å². The molecule has 0 aliphatic heterocycles. The van der Waals surface area contributed by atoms with E-state index >= 15 is 0 Å². The lowest BCUT2D eigenvalue weighted by atomic mass is 10.2. The minimum atomic E-state index is -2.22. The molecule has 0 amide bonds. The molecule has 3 nitrogen and oxygen atoms in total. The third kappa shape index (κ3) is 3.00. The second-order valence-electron chi connectivity index (χ2n) is 5.39. The molecule has 2 rings (SSSR count). The van der Waals surface area contributed by atoms with E-state index < -0.39 is 8.07 Å².